The summed E-state index contributed by atoms with van der Waals surface area (Å²) in [7, 11) is 0. The average Bonchev–Trinajstić information content (AvgIpc) is 2.30. The molecule has 18 heavy (non-hydrogen) atoms. The summed E-state index contributed by atoms with van der Waals surface area (Å²) in [4.78, 5) is 2.32. The number of piperidine rings is 1. The third-order valence-electron chi connectivity index (χ3n) is 3.54. The fourth-order valence-electron chi connectivity index (χ4n) is 2.21. The van der Waals surface area contributed by atoms with Gasteiger partial charge in [0.15, 0.2) is 0 Å². The molecule has 1 fully saturated rings. The van der Waals surface area contributed by atoms with Crippen LogP contribution in [0.5, 0.6) is 0 Å². The maximum atomic E-state index is 9.98. The molecule has 0 saturated carbocycles. The molecule has 1 rings (SSSR count). The molecule has 0 radical (unpaired) electrons. The van der Waals surface area contributed by atoms with E-state index < -0.39 is 6.10 Å². The van der Waals surface area contributed by atoms with Crippen molar-refractivity contribution >= 4 is 0 Å². The number of likely N-dealkylation sites (tertiary alicyclic amines) is 1. The second-order valence-electron chi connectivity index (χ2n) is 6.09. The van der Waals surface area contributed by atoms with Crippen molar-refractivity contribution in [3.05, 3.63) is 0 Å². The van der Waals surface area contributed by atoms with E-state index in [2.05, 4.69) is 17.7 Å². The molecule has 1 aliphatic rings. The normalized spacial score (nSPS) is 20.6. The number of β-amino-alcohol motifs (C(OH)–C–C–N with tert-alkyl or cyclic N) is 1. The van der Waals surface area contributed by atoms with E-state index in [1.165, 1.54) is 12.8 Å². The molecule has 0 bridgehead atoms. The minimum Gasteiger partial charge on any atom is -0.389 e. The lowest BCUT2D eigenvalue weighted by Gasteiger charge is -2.32. The van der Waals surface area contributed by atoms with Crippen LogP contribution in [0, 0.1) is 18.3 Å². The molecular weight excluding hydrogens is 226 g/mol. The second kappa shape index (κ2) is 7.13. The molecule has 0 aliphatic carbocycles. The van der Waals surface area contributed by atoms with E-state index in [0.717, 1.165) is 19.0 Å². The lowest BCUT2D eigenvalue weighted by atomic mass is 9.99. The van der Waals surface area contributed by atoms with Crippen LogP contribution in [0.4, 0.5) is 0 Å². The van der Waals surface area contributed by atoms with Gasteiger partial charge in [-0.3, -0.25) is 0 Å². The maximum Gasteiger partial charge on any atom is 0.0900 e. The second-order valence-corrected chi connectivity index (χ2v) is 6.09. The maximum absolute atomic E-state index is 9.98. The first-order chi connectivity index (χ1) is 8.43. The molecule has 3 heteroatoms. The molecule has 1 N–H and O–H groups in total. The van der Waals surface area contributed by atoms with Crippen LogP contribution < -0.4 is 0 Å². The standard InChI is InChI=1S/C15H27NO2/c1-5-8-15(3,4)18-12-14(17)11-16-9-6-13(2)7-10-16/h1,13-14,17H,6-12H2,2-4H3/t14-/m0/s1. The zero-order chi connectivity index (χ0) is 13.6. The van der Waals surface area contributed by atoms with E-state index in [4.69, 9.17) is 11.2 Å². The number of nitrogens with zero attached hydrogens (tertiary/aromatic N) is 1. The van der Waals surface area contributed by atoms with E-state index in [1.807, 2.05) is 13.8 Å². The first-order valence-corrected chi connectivity index (χ1v) is 6.91. The van der Waals surface area contributed by atoms with Gasteiger partial charge in [-0.2, -0.15) is 0 Å². The zero-order valence-corrected chi connectivity index (χ0v) is 12.0. The fourth-order valence-corrected chi connectivity index (χ4v) is 2.21. The van der Waals surface area contributed by atoms with Crippen LogP contribution in [0.1, 0.15) is 40.0 Å². The monoisotopic (exact) mass is 253 g/mol. The Morgan fingerprint density at radius 3 is 2.61 bits per heavy atom. The van der Waals surface area contributed by atoms with E-state index >= 15 is 0 Å². The van der Waals surface area contributed by atoms with Gasteiger partial charge >= 0.3 is 0 Å². The quantitative estimate of drug-likeness (QED) is 0.734. The summed E-state index contributed by atoms with van der Waals surface area (Å²) in [6, 6.07) is 0. The van der Waals surface area contributed by atoms with Gasteiger partial charge in [-0.25, -0.2) is 0 Å². The Hall–Kier alpha value is -0.560. The first-order valence-electron chi connectivity index (χ1n) is 6.91. The van der Waals surface area contributed by atoms with Crippen molar-refractivity contribution in [1.82, 2.24) is 4.90 Å². The van der Waals surface area contributed by atoms with E-state index in [1.54, 1.807) is 0 Å². The summed E-state index contributed by atoms with van der Waals surface area (Å²) >= 11 is 0. The molecule has 1 atom stereocenters. The largest absolute Gasteiger partial charge is 0.389 e. The van der Waals surface area contributed by atoms with Gasteiger partial charge in [0.2, 0.25) is 0 Å². The number of ether oxygens (including phenoxy) is 1. The molecule has 0 aromatic rings. The highest BCUT2D eigenvalue weighted by atomic mass is 16.5. The van der Waals surface area contributed by atoms with Crippen molar-refractivity contribution in [3.8, 4) is 12.3 Å². The van der Waals surface area contributed by atoms with Crippen molar-refractivity contribution < 1.29 is 9.84 Å². The third-order valence-corrected chi connectivity index (χ3v) is 3.54. The molecule has 1 saturated heterocycles. The van der Waals surface area contributed by atoms with Gasteiger partial charge in [0.1, 0.15) is 0 Å². The molecule has 1 heterocycles. The summed E-state index contributed by atoms with van der Waals surface area (Å²) < 4.78 is 5.68. The molecule has 3 nitrogen and oxygen atoms in total. The number of hydrogen-bond acceptors (Lipinski definition) is 3. The molecule has 0 amide bonds. The highest BCUT2D eigenvalue weighted by molar-refractivity contribution is 4.92. The predicted molar refractivity (Wildman–Crippen MR) is 74.3 cm³/mol. The lowest BCUT2D eigenvalue weighted by Crippen LogP contribution is -2.41. The van der Waals surface area contributed by atoms with E-state index in [-0.39, 0.29) is 5.60 Å². The number of aliphatic hydroxyl groups excluding tert-OH is 1. The van der Waals surface area contributed by atoms with Crippen molar-refractivity contribution in [2.45, 2.75) is 51.7 Å². The Kier molecular flexibility index (Phi) is 6.14. The van der Waals surface area contributed by atoms with E-state index in [0.29, 0.717) is 19.6 Å². The Morgan fingerprint density at radius 2 is 2.06 bits per heavy atom. The Balaban J connectivity index is 2.21. The Labute approximate surface area is 112 Å². The lowest BCUT2D eigenvalue weighted by molar-refractivity contribution is -0.0644. The van der Waals surface area contributed by atoms with Gasteiger partial charge in [0.25, 0.3) is 0 Å². The minimum absolute atomic E-state index is 0.341. The summed E-state index contributed by atoms with van der Waals surface area (Å²) in [5.41, 5.74) is -0.341. The summed E-state index contributed by atoms with van der Waals surface area (Å²) in [5.74, 6) is 3.42. The molecule has 0 spiro atoms. The van der Waals surface area contributed by atoms with E-state index in [9.17, 15) is 5.11 Å². The topological polar surface area (TPSA) is 32.7 Å². The van der Waals surface area contributed by atoms with Crippen molar-refractivity contribution in [2.24, 2.45) is 5.92 Å². The van der Waals surface area contributed by atoms with Gasteiger partial charge in [-0.1, -0.05) is 6.92 Å². The fraction of sp³-hybridized carbons (Fsp3) is 0.867. The highest BCUT2D eigenvalue weighted by Gasteiger charge is 2.21. The van der Waals surface area contributed by atoms with Gasteiger partial charge < -0.3 is 14.7 Å². The van der Waals surface area contributed by atoms with Crippen molar-refractivity contribution in [1.29, 1.82) is 0 Å². The molecule has 0 aromatic carbocycles. The number of terminal acetylenes is 1. The SMILES string of the molecule is C#CCC(C)(C)OC[C@@H](O)CN1CCC(C)CC1. The van der Waals surface area contributed by atoms with Crippen LogP contribution in [-0.4, -0.2) is 48.0 Å². The smallest absolute Gasteiger partial charge is 0.0900 e. The molecular formula is C15H27NO2. The van der Waals surface area contributed by atoms with Crippen LogP contribution >= 0.6 is 0 Å². The average molecular weight is 253 g/mol. The molecule has 104 valence electrons. The highest BCUT2D eigenvalue weighted by Crippen LogP contribution is 2.17. The van der Waals surface area contributed by atoms with Crippen molar-refractivity contribution in [3.63, 3.8) is 0 Å². The van der Waals surface area contributed by atoms with Crippen LogP contribution in [0.15, 0.2) is 0 Å². The summed E-state index contributed by atoms with van der Waals surface area (Å²) in [6.07, 6.45) is 7.90. The van der Waals surface area contributed by atoms with Crippen LogP contribution in [0.2, 0.25) is 0 Å². The van der Waals surface area contributed by atoms with Crippen molar-refractivity contribution in [2.75, 3.05) is 26.2 Å². The van der Waals surface area contributed by atoms with Crippen LogP contribution in [0.25, 0.3) is 0 Å². The summed E-state index contributed by atoms with van der Waals surface area (Å²) in [5, 5.41) is 9.98. The van der Waals surface area contributed by atoms with Crippen LogP contribution in [-0.2, 0) is 4.74 Å². The van der Waals surface area contributed by atoms with Gasteiger partial charge in [0, 0.05) is 13.0 Å². The number of hydrogen-bond donors (Lipinski definition) is 1. The van der Waals surface area contributed by atoms with Crippen LogP contribution in [0.3, 0.4) is 0 Å². The Bertz CT molecular complexity index is 275. The number of rotatable bonds is 6. The van der Waals surface area contributed by atoms with Gasteiger partial charge in [-0.15, -0.1) is 12.3 Å². The summed E-state index contributed by atoms with van der Waals surface area (Å²) in [6.45, 7) is 9.46. The first kappa shape index (κ1) is 15.5. The van der Waals surface area contributed by atoms with Gasteiger partial charge in [0.05, 0.1) is 18.3 Å². The minimum atomic E-state index is -0.421. The molecule has 1 aliphatic heterocycles. The molecule has 0 aromatic heterocycles. The van der Waals surface area contributed by atoms with Gasteiger partial charge in [-0.05, 0) is 45.7 Å². The zero-order valence-electron chi connectivity index (χ0n) is 12.0. The molecule has 0 unspecified atom stereocenters. The number of aliphatic hydroxyl groups is 1. The Morgan fingerprint density at radius 1 is 1.44 bits per heavy atom. The third kappa shape index (κ3) is 5.86. The predicted octanol–water partition coefficient (Wildman–Crippen LogP) is 1.90.